The van der Waals surface area contributed by atoms with Crippen LogP contribution in [0.1, 0.15) is 38.5 Å². The third-order valence-electron chi connectivity index (χ3n) is 4.09. The van der Waals surface area contributed by atoms with Gasteiger partial charge in [-0.2, -0.15) is 0 Å². The Labute approximate surface area is 110 Å². The highest BCUT2D eigenvalue weighted by Gasteiger charge is 2.34. The normalized spacial score (nSPS) is 30.2. The number of fused-ring (bicyclic) bond motifs is 2. The van der Waals surface area contributed by atoms with E-state index in [1.54, 1.807) is 0 Å². The number of allylic oxidation sites excluding steroid dienone is 2. The summed E-state index contributed by atoms with van der Waals surface area (Å²) in [4.78, 5) is 12.2. The number of hydrogen-bond donors (Lipinski definition) is 2. The van der Waals surface area contributed by atoms with E-state index in [9.17, 15) is 4.79 Å². The van der Waals surface area contributed by atoms with Crippen molar-refractivity contribution in [2.45, 2.75) is 56.7 Å². The van der Waals surface area contributed by atoms with Gasteiger partial charge in [0, 0.05) is 24.0 Å². The molecule has 2 bridgehead atoms. The Bertz CT molecular complexity index is 304. The first-order chi connectivity index (χ1) is 8.72. The first-order valence-electron chi connectivity index (χ1n) is 7.01. The van der Waals surface area contributed by atoms with Gasteiger partial charge in [0.2, 0.25) is 5.91 Å². The van der Waals surface area contributed by atoms with Crippen LogP contribution in [0, 0.1) is 5.92 Å². The van der Waals surface area contributed by atoms with Gasteiger partial charge < -0.3 is 10.6 Å². The zero-order valence-electron chi connectivity index (χ0n) is 11.0. The number of carbonyl (C=O) groups excluding carboxylic acids is 1. The van der Waals surface area contributed by atoms with Crippen LogP contribution >= 0.6 is 0 Å². The van der Waals surface area contributed by atoms with E-state index in [1.165, 1.54) is 12.8 Å². The molecule has 0 aromatic carbocycles. The van der Waals surface area contributed by atoms with E-state index in [2.05, 4.69) is 23.8 Å². The van der Waals surface area contributed by atoms with Crippen LogP contribution in [0.15, 0.2) is 25.3 Å². The number of rotatable bonds is 6. The van der Waals surface area contributed by atoms with Crippen molar-refractivity contribution in [2.75, 3.05) is 0 Å². The summed E-state index contributed by atoms with van der Waals surface area (Å²) in [5.41, 5.74) is 0. The molecular formula is C15H24N2O. The molecule has 0 aromatic heterocycles. The molecule has 0 aliphatic carbocycles. The fraction of sp³-hybridized carbons (Fsp3) is 0.667. The van der Waals surface area contributed by atoms with E-state index in [-0.39, 0.29) is 11.8 Å². The molecule has 0 radical (unpaired) electrons. The summed E-state index contributed by atoms with van der Waals surface area (Å²) >= 11 is 0. The lowest BCUT2D eigenvalue weighted by molar-refractivity contribution is -0.125. The maximum atomic E-state index is 12.2. The number of amides is 1. The quantitative estimate of drug-likeness (QED) is 0.707. The Morgan fingerprint density at radius 2 is 1.78 bits per heavy atom. The molecule has 2 unspecified atom stereocenters. The van der Waals surface area contributed by atoms with Crippen LogP contribution in [0.3, 0.4) is 0 Å². The average molecular weight is 248 g/mol. The van der Waals surface area contributed by atoms with Crippen LogP contribution < -0.4 is 10.6 Å². The lowest BCUT2D eigenvalue weighted by atomic mass is 9.96. The maximum Gasteiger partial charge on any atom is 0.223 e. The van der Waals surface area contributed by atoms with Crippen LogP contribution in [-0.4, -0.2) is 24.0 Å². The smallest absolute Gasteiger partial charge is 0.223 e. The molecule has 3 heteroatoms. The molecule has 0 saturated carbocycles. The first-order valence-corrected chi connectivity index (χ1v) is 7.01. The molecule has 2 aliphatic rings. The minimum atomic E-state index is 0.00698. The summed E-state index contributed by atoms with van der Waals surface area (Å²) in [5.74, 6) is 0.175. The monoisotopic (exact) mass is 248 g/mol. The van der Waals surface area contributed by atoms with Crippen molar-refractivity contribution in [1.29, 1.82) is 0 Å². The van der Waals surface area contributed by atoms with E-state index in [1.807, 2.05) is 12.2 Å². The standard InChI is InChI=1S/C15H24N2O/c1-3-5-11(6-4-2)15(18)17-14-9-12-7-8-13(10-14)16-12/h3-4,11-14,16H,1-2,5-10H2,(H,17,18). The second-order valence-electron chi connectivity index (χ2n) is 5.56. The zero-order chi connectivity index (χ0) is 13.0. The predicted molar refractivity (Wildman–Crippen MR) is 74.2 cm³/mol. The molecule has 18 heavy (non-hydrogen) atoms. The van der Waals surface area contributed by atoms with Gasteiger partial charge in [0.05, 0.1) is 0 Å². The molecule has 3 nitrogen and oxygen atoms in total. The molecule has 2 N–H and O–H groups in total. The number of hydrogen-bond acceptors (Lipinski definition) is 2. The van der Waals surface area contributed by atoms with E-state index in [0.717, 1.165) is 25.7 Å². The molecule has 0 aromatic rings. The molecular weight excluding hydrogens is 224 g/mol. The highest BCUT2D eigenvalue weighted by molar-refractivity contribution is 5.79. The minimum absolute atomic E-state index is 0.00698. The van der Waals surface area contributed by atoms with E-state index in [4.69, 9.17) is 0 Å². The molecule has 100 valence electrons. The Balaban J connectivity index is 1.85. The molecule has 2 aliphatic heterocycles. The third-order valence-corrected chi connectivity index (χ3v) is 4.09. The molecule has 2 fully saturated rings. The van der Waals surface area contributed by atoms with Crippen molar-refractivity contribution in [2.24, 2.45) is 5.92 Å². The Hall–Kier alpha value is -1.09. The van der Waals surface area contributed by atoms with Crippen LogP contribution in [0.25, 0.3) is 0 Å². The van der Waals surface area contributed by atoms with Crippen molar-refractivity contribution >= 4 is 5.91 Å². The summed E-state index contributed by atoms with van der Waals surface area (Å²) in [6.07, 6.45) is 9.79. The second-order valence-corrected chi connectivity index (χ2v) is 5.56. The topological polar surface area (TPSA) is 41.1 Å². The van der Waals surface area contributed by atoms with Gasteiger partial charge in [0.1, 0.15) is 0 Å². The van der Waals surface area contributed by atoms with Gasteiger partial charge in [-0.3, -0.25) is 4.79 Å². The zero-order valence-corrected chi connectivity index (χ0v) is 11.0. The molecule has 1 amide bonds. The largest absolute Gasteiger partial charge is 0.353 e. The van der Waals surface area contributed by atoms with Gasteiger partial charge in [0.25, 0.3) is 0 Å². The first kappa shape index (κ1) is 13.3. The highest BCUT2D eigenvalue weighted by atomic mass is 16.1. The Kier molecular flexibility index (Phi) is 4.59. The highest BCUT2D eigenvalue weighted by Crippen LogP contribution is 2.27. The third kappa shape index (κ3) is 3.22. The van der Waals surface area contributed by atoms with Crippen molar-refractivity contribution in [1.82, 2.24) is 10.6 Å². The molecule has 2 rings (SSSR count). The SMILES string of the molecule is C=CCC(CC=C)C(=O)NC1CC2CCC(C1)N2. The Morgan fingerprint density at radius 1 is 1.22 bits per heavy atom. The van der Waals surface area contributed by atoms with Crippen molar-refractivity contribution < 1.29 is 4.79 Å². The predicted octanol–water partition coefficient (Wildman–Crippen LogP) is 2.15. The fourth-order valence-corrected chi connectivity index (χ4v) is 3.21. The summed E-state index contributed by atoms with van der Waals surface area (Å²) in [6, 6.07) is 1.59. The van der Waals surface area contributed by atoms with Crippen molar-refractivity contribution in [3.63, 3.8) is 0 Å². The number of nitrogens with one attached hydrogen (secondary N) is 2. The van der Waals surface area contributed by atoms with Gasteiger partial charge in [-0.25, -0.2) is 0 Å². The summed E-state index contributed by atoms with van der Waals surface area (Å²) in [5, 5.41) is 6.80. The molecule has 0 spiro atoms. The Morgan fingerprint density at radius 3 is 2.28 bits per heavy atom. The summed E-state index contributed by atoms with van der Waals surface area (Å²) < 4.78 is 0. The number of piperidine rings is 1. The van der Waals surface area contributed by atoms with Crippen molar-refractivity contribution in [3.05, 3.63) is 25.3 Å². The molecule has 2 saturated heterocycles. The second kappa shape index (κ2) is 6.19. The van der Waals surface area contributed by atoms with E-state index in [0.29, 0.717) is 18.1 Å². The summed E-state index contributed by atoms with van der Waals surface area (Å²) in [6.45, 7) is 7.44. The summed E-state index contributed by atoms with van der Waals surface area (Å²) in [7, 11) is 0. The van der Waals surface area contributed by atoms with E-state index < -0.39 is 0 Å². The lowest BCUT2D eigenvalue weighted by Crippen LogP contribution is -2.49. The van der Waals surface area contributed by atoms with Gasteiger partial charge in [-0.15, -0.1) is 13.2 Å². The van der Waals surface area contributed by atoms with Crippen LogP contribution in [0.5, 0.6) is 0 Å². The van der Waals surface area contributed by atoms with Crippen LogP contribution in [-0.2, 0) is 4.79 Å². The molecule has 2 atom stereocenters. The average Bonchev–Trinajstić information content (AvgIpc) is 2.68. The van der Waals surface area contributed by atoms with Crippen molar-refractivity contribution in [3.8, 4) is 0 Å². The maximum absolute atomic E-state index is 12.2. The number of carbonyl (C=O) groups is 1. The fourth-order valence-electron chi connectivity index (χ4n) is 3.21. The van der Waals surface area contributed by atoms with Gasteiger partial charge in [-0.05, 0) is 38.5 Å². The van der Waals surface area contributed by atoms with Gasteiger partial charge >= 0.3 is 0 Å². The minimum Gasteiger partial charge on any atom is -0.353 e. The van der Waals surface area contributed by atoms with E-state index >= 15 is 0 Å². The van der Waals surface area contributed by atoms with Crippen LogP contribution in [0.2, 0.25) is 0 Å². The molecule has 2 heterocycles. The lowest BCUT2D eigenvalue weighted by Gasteiger charge is -2.30. The van der Waals surface area contributed by atoms with Gasteiger partial charge in [-0.1, -0.05) is 12.2 Å². The van der Waals surface area contributed by atoms with Gasteiger partial charge in [0.15, 0.2) is 0 Å². The van der Waals surface area contributed by atoms with Crippen LogP contribution in [0.4, 0.5) is 0 Å².